The Bertz CT molecular complexity index is 326. The van der Waals surface area contributed by atoms with E-state index in [9.17, 15) is 0 Å². The van der Waals surface area contributed by atoms with E-state index in [0.717, 1.165) is 12.4 Å². The van der Waals surface area contributed by atoms with Gasteiger partial charge in [-0.05, 0) is 37.0 Å². The third-order valence-corrected chi connectivity index (χ3v) is 2.41. The zero-order valence-corrected chi connectivity index (χ0v) is 7.92. The Labute approximate surface area is 79.0 Å². The van der Waals surface area contributed by atoms with Gasteiger partial charge < -0.3 is 4.74 Å². The van der Waals surface area contributed by atoms with Crippen molar-refractivity contribution in [2.24, 2.45) is 0 Å². The van der Waals surface area contributed by atoms with Crippen LogP contribution in [0.2, 0.25) is 0 Å². The van der Waals surface area contributed by atoms with Gasteiger partial charge in [-0.3, -0.25) is 0 Å². The van der Waals surface area contributed by atoms with Crippen LogP contribution in [0.4, 0.5) is 0 Å². The second-order valence-corrected chi connectivity index (χ2v) is 3.46. The first-order valence-electron chi connectivity index (χ1n) is 4.72. The van der Waals surface area contributed by atoms with Gasteiger partial charge in [-0.15, -0.1) is 0 Å². The Morgan fingerprint density at radius 2 is 2.08 bits per heavy atom. The first-order chi connectivity index (χ1) is 6.36. The molecule has 0 heterocycles. The van der Waals surface area contributed by atoms with Crippen LogP contribution in [0.25, 0.3) is 0 Å². The van der Waals surface area contributed by atoms with Gasteiger partial charge in [0.25, 0.3) is 0 Å². The van der Waals surface area contributed by atoms with Gasteiger partial charge in [-0.2, -0.15) is 0 Å². The summed E-state index contributed by atoms with van der Waals surface area (Å²) in [4.78, 5) is 0. The van der Waals surface area contributed by atoms with Crippen LogP contribution in [0.15, 0.2) is 35.9 Å². The Kier molecular flexibility index (Phi) is 2.35. The molecule has 0 bridgehead atoms. The summed E-state index contributed by atoms with van der Waals surface area (Å²) in [6, 6.07) is 8.14. The molecular weight excluding hydrogens is 160 g/mol. The third kappa shape index (κ3) is 1.92. The van der Waals surface area contributed by atoms with Crippen LogP contribution in [0.5, 0.6) is 5.75 Å². The van der Waals surface area contributed by atoms with E-state index in [0.29, 0.717) is 0 Å². The van der Waals surface area contributed by atoms with Crippen LogP contribution in [-0.4, -0.2) is 6.61 Å². The van der Waals surface area contributed by atoms with E-state index in [1.165, 1.54) is 24.0 Å². The molecule has 1 aliphatic carbocycles. The van der Waals surface area contributed by atoms with Crippen LogP contribution < -0.4 is 4.74 Å². The first kappa shape index (κ1) is 8.36. The maximum Gasteiger partial charge on any atom is 0.122 e. The maximum absolute atomic E-state index is 5.67. The summed E-state index contributed by atoms with van der Waals surface area (Å²) in [6.45, 7) is 2.84. The fourth-order valence-corrected chi connectivity index (χ4v) is 1.37. The normalized spacial score (nSPS) is 14.7. The molecule has 0 radical (unpaired) electrons. The van der Waals surface area contributed by atoms with Crippen LogP contribution in [0.3, 0.4) is 0 Å². The molecule has 1 nitrogen and oxygen atoms in total. The zero-order chi connectivity index (χ0) is 9.10. The largest absolute Gasteiger partial charge is 0.489 e. The zero-order valence-electron chi connectivity index (χ0n) is 7.92. The smallest absolute Gasteiger partial charge is 0.122 e. The van der Waals surface area contributed by atoms with Crippen molar-refractivity contribution in [1.29, 1.82) is 0 Å². The Balaban J connectivity index is 1.97. The van der Waals surface area contributed by atoms with E-state index in [2.05, 4.69) is 19.1 Å². The van der Waals surface area contributed by atoms with Crippen molar-refractivity contribution in [1.82, 2.24) is 0 Å². The SMILES string of the molecule is Cc1ccccc1OCC1=CCC1. The number of aryl methyl sites for hydroxylation is 1. The molecule has 0 saturated carbocycles. The molecule has 0 spiro atoms. The fraction of sp³-hybridized carbons (Fsp3) is 0.333. The monoisotopic (exact) mass is 174 g/mol. The Hall–Kier alpha value is -1.24. The van der Waals surface area contributed by atoms with Crippen LogP contribution in [-0.2, 0) is 0 Å². The summed E-state index contributed by atoms with van der Waals surface area (Å²) in [5.74, 6) is 1.01. The lowest BCUT2D eigenvalue weighted by molar-refractivity contribution is 0.340. The fourth-order valence-electron chi connectivity index (χ4n) is 1.37. The van der Waals surface area contributed by atoms with Crippen molar-refractivity contribution in [2.75, 3.05) is 6.61 Å². The molecule has 1 aromatic carbocycles. The quantitative estimate of drug-likeness (QED) is 0.640. The molecule has 13 heavy (non-hydrogen) atoms. The van der Waals surface area contributed by atoms with E-state index >= 15 is 0 Å². The minimum Gasteiger partial charge on any atom is -0.489 e. The van der Waals surface area contributed by atoms with Crippen molar-refractivity contribution in [3.05, 3.63) is 41.5 Å². The van der Waals surface area contributed by atoms with E-state index in [4.69, 9.17) is 4.74 Å². The Morgan fingerprint density at radius 3 is 2.69 bits per heavy atom. The molecule has 0 atom stereocenters. The molecule has 0 aliphatic heterocycles. The predicted molar refractivity (Wildman–Crippen MR) is 54.0 cm³/mol. The van der Waals surface area contributed by atoms with Gasteiger partial charge in [-0.25, -0.2) is 0 Å². The maximum atomic E-state index is 5.67. The molecule has 1 heteroatoms. The lowest BCUT2D eigenvalue weighted by Gasteiger charge is -2.15. The number of para-hydroxylation sites is 1. The lowest BCUT2D eigenvalue weighted by atomic mass is 10.0. The van der Waals surface area contributed by atoms with Gasteiger partial charge in [0.05, 0.1) is 0 Å². The number of hydrogen-bond donors (Lipinski definition) is 0. The standard InChI is InChI=1S/C12H14O/c1-10-5-2-3-8-12(10)13-9-11-6-4-7-11/h2-3,5-6,8H,4,7,9H2,1H3. The minimum absolute atomic E-state index is 0.769. The summed E-state index contributed by atoms with van der Waals surface area (Å²) in [5, 5.41) is 0. The van der Waals surface area contributed by atoms with Crippen molar-refractivity contribution in [2.45, 2.75) is 19.8 Å². The van der Waals surface area contributed by atoms with E-state index in [1.54, 1.807) is 0 Å². The molecule has 0 amide bonds. The number of benzene rings is 1. The summed E-state index contributed by atoms with van der Waals surface area (Å²) >= 11 is 0. The Morgan fingerprint density at radius 1 is 1.31 bits per heavy atom. The first-order valence-corrected chi connectivity index (χ1v) is 4.72. The van der Waals surface area contributed by atoms with Crippen molar-refractivity contribution < 1.29 is 4.74 Å². The van der Waals surface area contributed by atoms with Gasteiger partial charge in [0.2, 0.25) is 0 Å². The molecule has 1 aromatic rings. The summed E-state index contributed by atoms with van der Waals surface area (Å²) in [6.07, 6.45) is 4.69. The molecule has 0 aromatic heterocycles. The number of allylic oxidation sites excluding steroid dienone is 1. The minimum atomic E-state index is 0.769. The van der Waals surface area contributed by atoms with Crippen molar-refractivity contribution in [3.63, 3.8) is 0 Å². The molecular formula is C12H14O. The molecule has 0 saturated heterocycles. The van der Waals surface area contributed by atoms with Gasteiger partial charge >= 0.3 is 0 Å². The molecule has 2 rings (SSSR count). The lowest BCUT2D eigenvalue weighted by Crippen LogP contribution is -2.06. The van der Waals surface area contributed by atoms with Gasteiger partial charge in [0.1, 0.15) is 12.4 Å². The van der Waals surface area contributed by atoms with Crippen molar-refractivity contribution in [3.8, 4) is 5.75 Å². The van der Waals surface area contributed by atoms with Crippen LogP contribution in [0.1, 0.15) is 18.4 Å². The highest BCUT2D eigenvalue weighted by atomic mass is 16.5. The third-order valence-electron chi connectivity index (χ3n) is 2.41. The highest BCUT2D eigenvalue weighted by Gasteiger charge is 2.06. The molecule has 0 fully saturated rings. The van der Waals surface area contributed by atoms with E-state index in [-0.39, 0.29) is 0 Å². The van der Waals surface area contributed by atoms with E-state index in [1.807, 2.05) is 18.2 Å². The van der Waals surface area contributed by atoms with Crippen molar-refractivity contribution >= 4 is 0 Å². The molecule has 0 N–H and O–H groups in total. The average Bonchev–Trinajstić information content (AvgIpc) is 2.05. The number of hydrogen-bond acceptors (Lipinski definition) is 1. The summed E-state index contributed by atoms with van der Waals surface area (Å²) < 4.78 is 5.67. The number of ether oxygens (including phenoxy) is 1. The highest BCUT2D eigenvalue weighted by molar-refractivity contribution is 5.32. The summed E-state index contributed by atoms with van der Waals surface area (Å²) in [5.41, 5.74) is 2.64. The molecule has 68 valence electrons. The topological polar surface area (TPSA) is 9.23 Å². The number of rotatable bonds is 3. The molecule has 0 unspecified atom stereocenters. The highest BCUT2D eigenvalue weighted by Crippen LogP contribution is 2.21. The second kappa shape index (κ2) is 3.65. The predicted octanol–water partition coefficient (Wildman–Crippen LogP) is 3.09. The van der Waals surface area contributed by atoms with E-state index < -0.39 is 0 Å². The second-order valence-electron chi connectivity index (χ2n) is 3.46. The average molecular weight is 174 g/mol. The summed E-state index contributed by atoms with van der Waals surface area (Å²) in [7, 11) is 0. The van der Waals surface area contributed by atoms with Gasteiger partial charge in [-0.1, -0.05) is 24.3 Å². The molecule has 1 aliphatic rings. The van der Waals surface area contributed by atoms with Crippen LogP contribution >= 0.6 is 0 Å². The van der Waals surface area contributed by atoms with Crippen LogP contribution in [0, 0.1) is 6.92 Å². The van der Waals surface area contributed by atoms with Gasteiger partial charge in [0.15, 0.2) is 0 Å². The van der Waals surface area contributed by atoms with Gasteiger partial charge in [0, 0.05) is 0 Å².